The highest BCUT2D eigenvalue weighted by Gasteiger charge is 2.02. The van der Waals surface area contributed by atoms with Crippen molar-refractivity contribution in [1.29, 1.82) is 0 Å². The fourth-order valence-corrected chi connectivity index (χ4v) is 1.32. The summed E-state index contributed by atoms with van der Waals surface area (Å²) in [5.74, 6) is 0. The summed E-state index contributed by atoms with van der Waals surface area (Å²) >= 11 is 0. The van der Waals surface area contributed by atoms with E-state index in [-0.39, 0.29) is 0 Å². The highest BCUT2D eigenvalue weighted by Crippen LogP contribution is 2.06. The number of rotatable bonds is 8. The van der Waals surface area contributed by atoms with Gasteiger partial charge in [0, 0.05) is 6.04 Å². The van der Waals surface area contributed by atoms with Crippen LogP contribution in [0.5, 0.6) is 0 Å². The molecule has 0 rings (SSSR count). The topological polar surface area (TPSA) is 29.1 Å². The largest absolute Gasteiger partial charge is 0.356 e. The van der Waals surface area contributed by atoms with Crippen molar-refractivity contribution in [2.75, 3.05) is 0 Å². The molecule has 0 radical (unpaired) electrons. The third kappa shape index (κ3) is 6.20. The predicted octanol–water partition coefficient (Wildman–Crippen LogP) is 2.48. The number of hydrogen-bond donors (Lipinski definition) is 1. The van der Waals surface area contributed by atoms with E-state index < -0.39 is 0 Å². The molecule has 0 heterocycles. The first-order valence-electron chi connectivity index (χ1n) is 5.04. The molecule has 0 aromatic rings. The van der Waals surface area contributed by atoms with E-state index in [1.807, 2.05) is 0 Å². The summed E-state index contributed by atoms with van der Waals surface area (Å²) in [4.78, 5) is 10.2. The van der Waals surface area contributed by atoms with Gasteiger partial charge >= 0.3 is 0 Å². The first-order chi connectivity index (χ1) is 5.85. The molecule has 0 aromatic heterocycles. The summed E-state index contributed by atoms with van der Waals surface area (Å²) < 4.78 is 0. The highest BCUT2D eigenvalue weighted by molar-refractivity contribution is 5.46. The lowest BCUT2D eigenvalue weighted by Gasteiger charge is -2.12. The lowest BCUT2D eigenvalue weighted by atomic mass is 10.1. The van der Waals surface area contributed by atoms with Gasteiger partial charge in [0.1, 0.15) is 0 Å². The van der Waals surface area contributed by atoms with E-state index in [0.717, 1.165) is 19.3 Å². The van der Waals surface area contributed by atoms with Gasteiger partial charge in [0.05, 0.1) is 0 Å². The Morgan fingerprint density at radius 3 is 2.50 bits per heavy atom. The van der Waals surface area contributed by atoms with Crippen LogP contribution in [0.2, 0.25) is 0 Å². The third-order valence-electron chi connectivity index (χ3n) is 2.20. The molecule has 0 aromatic carbocycles. The molecule has 0 fully saturated rings. The quantitative estimate of drug-likeness (QED) is 0.441. The van der Waals surface area contributed by atoms with Crippen molar-refractivity contribution >= 4 is 6.41 Å². The van der Waals surface area contributed by atoms with Crippen LogP contribution in [0.25, 0.3) is 0 Å². The summed E-state index contributed by atoms with van der Waals surface area (Å²) in [6.07, 6.45) is 8.13. The number of hydrogen-bond acceptors (Lipinski definition) is 1. The molecule has 2 heteroatoms. The fourth-order valence-electron chi connectivity index (χ4n) is 1.32. The summed E-state index contributed by atoms with van der Waals surface area (Å²) in [5, 5.41) is 2.83. The van der Waals surface area contributed by atoms with Gasteiger partial charge in [-0.05, 0) is 12.8 Å². The van der Waals surface area contributed by atoms with Crippen LogP contribution >= 0.6 is 0 Å². The third-order valence-corrected chi connectivity index (χ3v) is 2.20. The van der Waals surface area contributed by atoms with Crippen molar-refractivity contribution < 1.29 is 4.79 Å². The first-order valence-corrected chi connectivity index (χ1v) is 5.04. The van der Waals surface area contributed by atoms with Gasteiger partial charge < -0.3 is 5.32 Å². The van der Waals surface area contributed by atoms with Crippen molar-refractivity contribution in [3.05, 3.63) is 0 Å². The summed E-state index contributed by atoms with van der Waals surface area (Å²) in [7, 11) is 0. The maximum absolute atomic E-state index is 10.2. The Labute approximate surface area is 75.7 Å². The highest BCUT2D eigenvalue weighted by atomic mass is 16.1. The van der Waals surface area contributed by atoms with Gasteiger partial charge in [-0.3, -0.25) is 4.79 Å². The van der Waals surface area contributed by atoms with E-state index in [1.54, 1.807) is 0 Å². The molecule has 0 bridgehead atoms. The molecule has 12 heavy (non-hydrogen) atoms. The molecular formula is C10H21NO. The number of unbranched alkanes of at least 4 members (excludes halogenated alkanes) is 3. The molecule has 1 atom stereocenters. The van der Waals surface area contributed by atoms with Gasteiger partial charge in [-0.15, -0.1) is 0 Å². The van der Waals surface area contributed by atoms with E-state index >= 15 is 0 Å². The van der Waals surface area contributed by atoms with Crippen LogP contribution in [0.3, 0.4) is 0 Å². The second-order valence-corrected chi connectivity index (χ2v) is 3.24. The zero-order chi connectivity index (χ0) is 9.23. The Bertz CT molecular complexity index is 104. The molecule has 0 aliphatic rings. The van der Waals surface area contributed by atoms with E-state index in [0.29, 0.717) is 6.04 Å². The first kappa shape index (κ1) is 11.5. The number of carbonyl (C=O) groups excluding carboxylic acids is 1. The number of amides is 1. The average Bonchev–Trinajstić information content (AvgIpc) is 2.10. The molecule has 0 aliphatic carbocycles. The maximum atomic E-state index is 10.2. The van der Waals surface area contributed by atoms with Gasteiger partial charge in [-0.2, -0.15) is 0 Å². The Morgan fingerprint density at radius 1 is 1.25 bits per heavy atom. The second-order valence-electron chi connectivity index (χ2n) is 3.24. The van der Waals surface area contributed by atoms with Crippen LogP contribution in [0.15, 0.2) is 0 Å². The number of nitrogens with one attached hydrogen (secondary N) is 1. The van der Waals surface area contributed by atoms with Gasteiger partial charge in [-0.25, -0.2) is 0 Å². The van der Waals surface area contributed by atoms with Crippen LogP contribution < -0.4 is 5.32 Å². The minimum absolute atomic E-state index is 0.402. The lowest BCUT2D eigenvalue weighted by Crippen LogP contribution is -2.26. The summed E-state index contributed by atoms with van der Waals surface area (Å²) in [5.41, 5.74) is 0. The monoisotopic (exact) mass is 171 g/mol. The molecule has 1 N–H and O–H groups in total. The predicted molar refractivity (Wildman–Crippen MR) is 52.0 cm³/mol. The summed E-state index contributed by atoms with van der Waals surface area (Å²) in [6, 6.07) is 0.402. The molecule has 72 valence electrons. The van der Waals surface area contributed by atoms with E-state index in [9.17, 15) is 4.79 Å². The van der Waals surface area contributed by atoms with Crippen LogP contribution in [-0.4, -0.2) is 12.5 Å². The Balaban J connectivity index is 3.25. The van der Waals surface area contributed by atoms with Gasteiger partial charge in [0.2, 0.25) is 6.41 Å². The van der Waals surface area contributed by atoms with Crippen molar-refractivity contribution in [2.45, 2.75) is 58.4 Å². The minimum Gasteiger partial charge on any atom is -0.356 e. The molecule has 2 nitrogen and oxygen atoms in total. The molecular weight excluding hydrogens is 150 g/mol. The Kier molecular flexibility index (Phi) is 8.19. The maximum Gasteiger partial charge on any atom is 0.207 e. The van der Waals surface area contributed by atoms with E-state index in [1.165, 1.54) is 25.7 Å². The molecule has 0 saturated heterocycles. The molecule has 1 amide bonds. The minimum atomic E-state index is 0.402. The fraction of sp³-hybridized carbons (Fsp3) is 0.900. The van der Waals surface area contributed by atoms with E-state index in [4.69, 9.17) is 0 Å². The van der Waals surface area contributed by atoms with Crippen molar-refractivity contribution in [2.24, 2.45) is 0 Å². The van der Waals surface area contributed by atoms with E-state index in [2.05, 4.69) is 19.2 Å². The SMILES string of the molecule is CCCCCCC(CC)NC=O. The Morgan fingerprint density at radius 2 is 2.00 bits per heavy atom. The van der Waals surface area contributed by atoms with Crippen molar-refractivity contribution in [3.63, 3.8) is 0 Å². The molecule has 1 unspecified atom stereocenters. The van der Waals surface area contributed by atoms with Gasteiger partial charge in [0.25, 0.3) is 0 Å². The standard InChI is InChI=1S/C10H21NO/c1-3-5-6-7-8-10(4-2)11-9-12/h9-10H,3-8H2,1-2H3,(H,11,12). The van der Waals surface area contributed by atoms with Crippen LogP contribution in [-0.2, 0) is 4.79 Å². The van der Waals surface area contributed by atoms with Crippen molar-refractivity contribution in [3.8, 4) is 0 Å². The molecule has 0 saturated carbocycles. The van der Waals surface area contributed by atoms with Gasteiger partial charge in [0.15, 0.2) is 0 Å². The molecule has 0 aliphatic heterocycles. The summed E-state index contributed by atoms with van der Waals surface area (Å²) in [6.45, 7) is 4.32. The normalized spacial score (nSPS) is 12.5. The zero-order valence-electron chi connectivity index (χ0n) is 8.31. The van der Waals surface area contributed by atoms with Crippen LogP contribution in [0.1, 0.15) is 52.4 Å². The van der Waals surface area contributed by atoms with Gasteiger partial charge in [-0.1, -0.05) is 39.5 Å². The van der Waals surface area contributed by atoms with Crippen LogP contribution in [0, 0.1) is 0 Å². The smallest absolute Gasteiger partial charge is 0.207 e. The second kappa shape index (κ2) is 8.57. The molecule has 0 spiro atoms. The van der Waals surface area contributed by atoms with Crippen molar-refractivity contribution in [1.82, 2.24) is 5.32 Å². The lowest BCUT2D eigenvalue weighted by molar-refractivity contribution is -0.110. The Hall–Kier alpha value is -0.530. The number of carbonyl (C=O) groups is 1. The van der Waals surface area contributed by atoms with Crippen LogP contribution in [0.4, 0.5) is 0 Å². The average molecular weight is 171 g/mol. The zero-order valence-corrected chi connectivity index (χ0v) is 8.31.